The third-order valence-corrected chi connectivity index (χ3v) is 4.92. The topological polar surface area (TPSA) is 28.1 Å². The summed E-state index contributed by atoms with van der Waals surface area (Å²) < 4.78 is 0. The summed E-state index contributed by atoms with van der Waals surface area (Å²) in [6.07, 6.45) is 2.85. The number of hydrogen-bond acceptors (Lipinski definition) is 4. The Balaban J connectivity index is 0.00000196. The van der Waals surface area contributed by atoms with Gasteiger partial charge in [-0.3, -0.25) is 4.90 Å². The van der Waals surface area contributed by atoms with Gasteiger partial charge in [0.2, 0.25) is 0 Å². The summed E-state index contributed by atoms with van der Waals surface area (Å²) in [7, 11) is 0. The van der Waals surface area contributed by atoms with E-state index in [1.54, 1.807) is 6.21 Å². The molecule has 0 atom stereocenters. The molecule has 154 valence electrons. The Hall–Kier alpha value is -1.30. The fourth-order valence-corrected chi connectivity index (χ4v) is 3.16. The highest BCUT2D eigenvalue weighted by Gasteiger charge is 2.16. The summed E-state index contributed by atoms with van der Waals surface area (Å²) >= 11 is 5.86. The first kappa shape index (κ1) is 24.7. The molecule has 1 aliphatic rings. The zero-order valence-corrected chi connectivity index (χ0v) is 18.3. The van der Waals surface area contributed by atoms with Gasteiger partial charge in [0, 0.05) is 44.3 Å². The molecule has 0 saturated carbocycles. The van der Waals surface area contributed by atoms with Gasteiger partial charge in [-0.15, -0.1) is 24.8 Å². The predicted octanol–water partition coefficient (Wildman–Crippen LogP) is 4.39. The standard InChI is InChI=1S/C21H26ClN3O.2ClH/c22-21-8-6-20(7-9-21)18-23-26-17-16-25-14-12-24(13-15-25)11-10-19-4-2-1-3-5-19;;/h1-9,18H,10-17H2;2*1H. The fourth-order valence-electron chi connectivity index (χ4n) is 3.04. The van der Waals surface area contributed by atoms with Gasteiger partial charge in [-0.1, -0.05) is 59.2 Å². The van der Waals surface area contributed by atoms with Crippen molar-refractivity contribution >= 4 is 42.6 Å². The highest BCUT2D eigenvalue weighted by Crippen LogP contribution is 2.08. The van der Waals surface area contributed by atoms with E-state index in [1.807, 2.05) is 24.3 Å². The van der Waals surface area contributed by atoms with Gasteiger partial charge in [0.15, 0.2) is 0 Å². The summed E-state index contributed by atoms with van der Waals surface area (Å²) in [6.45, 7) is 7.12. The predicted molar refractivity (Wildman–Crippen MR) is 123 cm³/mol. The number of benzene rings is 2. The van der Waals surface area contributed by atoms with Crippen molar-refractivity contribution in [2.24, 2.45) is 5.16 Å². The SMILES string of the molecule is Cl.Cl.Clc1ccc(C=NOCCN2CCN(CCc3ccccc3)CC2)cc1. The van der Waals surface area contributed by atoms with Crippen LogP contribution in [0.3, 0.4) is 0 Å². The average molecular weight is 445 g/mol. The maximum Gasteiger partial charge on any atom is 0.129 e. The Morgan fingerprint density at radius 3 is 2.11 bits per heavy atom. The van der Waals surface area contributed by atoms with Crippen LogP contribution in [0.1, 0.15) is 11.1 Å². The van der Waals surface area contributed by atoms with Crippen molar-refractivity contribution < 1.29 is 4.84 Å². The summed E-state index contributed by atoms with van der Waals surface area (Å²) in [6, 6.07) is 18.2. The van der Waals surface area contributed by atoms with Crippen molar-refractivity contribution in [1.29, 1.82) is 0 Å². The number of hydrogen-bond donors (Lipinski definition) is 0. The second-order valence-electron chi connectivity index (χ2n) is 6.54. The molecule has 0 aromatic heterocycles. The summed E-state index contributed by atoms with van der Waals surface area (Å²) in [5, 5.41) is 4.76. The maximum atomic E-state index is 5.86. The molecule has 1 aliphatic heterocycles. The third kappa shape index (κ3) is 8.80. The minimum Gasteiger partial charge on any atom is -0.394 e. The molecular weight excluding hydrogens is 417 g/mol. The second kappa shape index (κ2) is 13.8. The molecule has 7 heteroatoms. The Kier molecular flexibility index (Phi) is 12.2. The Morgan fingerprint density at radius 1 is 0.857 bits per heavy atom. The van der Waals surface area contributed by atoms with Gasteiger partial charge in [-0.2, -0.15) is 0 Å². The molecule has 0 radical (unpaired) electrons. The highest BCUT2D eigenvalue weighted by atomic mass is 35.5. The lowest BCUT2D eigenvalue weighted by atomic mass is 10.1. The van der Waals surface area contributed by atoms with E-state index in [4.69, 9.17) is 16.4 Å². The zero-order valence-electron chi connectivity index (χ0n) is 15.9. The fraction of sp³-hybridized carbons (Fsp3) is 0.381. The number of oxime groups is 1. The van der Waals surface area contributed by atoms with Gasteiger partial charge >= 0.3 is 0 Å². The first-order valence-corrected chi connectivity index (χ1v) is 9.57. The number of rotatable bonds is 8. The molecule has 2 aromatic carbocycles. The Morgan fingerprint density at radius 2 is 1.46 bits per heavy atom. The minimum absolute atomic E-state index is 0. The number of nitrogens with zero attached hydrogens (tertiary/aromatic N) is 3. The van der Waals surface area contributed by atoms with Crippen molar-refractivity contribution in [2.45, 2.75) is 6.42 Å². The van der Waals surface area contributed by atoms with Crippen LogP contribution in [0.2, 0.25) is 5.02 Å². The zero-order chi connectivity index (χ0) is 18.0. The van der Waals surface area contributed by atoms with E-state index in [9.17, 15) is 0 Å². The van der Waals surface area contributed by atoms with Crippen LogP contribution in [0.25, 0.3) is 0 Å². The van der Waals surface area contributed by atoms with Gasteiger partial charge in [0.25, 0.3) is 0 Å². The lowest BCUT2D eigenvalue weighted by Crippen LogP contribution is -2.47. The van der Waals surface area contributed by atoms with Crippen LogP contribution in [0, 0.1) is 0 Å². The molecule has 1 fully saturated rings. The summed E-state index contributed by atoms with van der Waals surface area (Å²) in [5.41, 5.74) is 2.41. The summed E-state index contributed by atoms with van der Waals surface area (Å²) in [5.74, 6) is 0. The van der Waals surface area contributed by atoms with Crippen molar-refractivity contribution in [3.8, 4) is 0 Å². The monoisotopic (exact) mass is 443 g/mol. The van der Waals surface area contributed by atoms with Crippen molar-refractivity contribution in [3.63, 3.8) is 0 Å². The van der Waals surface area contributed by atoms with E-state index in [-0.39, 0.29) is 24.8 Å². The van der Waals surface area contributed by atoms with Gasteiger partial charge in [-0.05, 0) is 29.7 Å². The molecule has 4 nitrogen and oxygen atoms in total. The van der Waals surface area contributed by atoms with E-state index in [0.717, 1.165) is 56.3 Å². The molecule has 28 heavy (non-hydrogen) atoms. The quantitative estimate of drug-likeness (QED) is 0.343. The molecular formula is C21H28Cl3N3O. The van der Waals surface area contributed by atoms with Crippen molar-refractivity contribution in [1.82, 2.24) is 9.80 Å². The van der Waals surface area contributed by atoms with Crippen LogP contribution >= 0.6 is 36.4 Å². The van der Waals surface area contributed by atoms with Gasteiger partial charge in [0.05, 0.1) is 6.21 Å². The summed E-state index contributed by atoms with van der Waals surface area (Å²) in [4.78, 5) is 10.4. The molecule has 0 spiro atoms. The Labute approximate surface area is 185 Å². The lowest BCUT2D eigenvalue weighted by Gasteiger charge is -2.34. The normalized spacial score (nSPS) is 15.0. The molecule has 0 bridgehead atoms. The molecule has 0 N–H and O–H groups in total. The van der Waals surface area contributed by atoms with Crippen LogP contribution in [0.5, 0.6) is 0 Å². The molecule has 3 rings (SSSR count). The van der Waals surface area contributed by atoms with Crippen LogP contribution in [0.15, 0.2) is 59.8 Å². The van der Waals surface area contributed by atoms with E-state index in [2.05, 4.69) is 45.3 Å². The molecule has 0 aliphatic carbocycles. The lowest BCUT2D eigenvalue weighted by molar-refractivity contribution is 0.0800. The van der Waals surface area contributed by atoms with Crippen molar-refractivity contribution in [3.05, 3.63) is 70.7 Å². The van der Waals surface area contributed by atoms with E-state index >= 15 is 0 Å². The van der Waals surface area contributed by atoms with Crippen molar-refractivity contribution in [2.75, 3.05) is 45.9 Å². The molecule has 1 saturated heterocycles. The van der Waals surface area contributed by atoms with E-state index in [0.29, 0.717) is 6.61 Å². The molecule has 1 heterocycles. The van der Waals surface area contributed by atoms with Gasteiger partial charge < -0.3 is 9.74 Å². The maximum absolute atomic E-state index is 5.86. The van der Waals surface area contributed by atoms with E-state index < -0.39 is 0 Å². The van der Waals surface area contributed by atoms with Gasteiger partial charge in [0.1, 0.15) is 6.61 Å². The van der Waals surface area contributed by atoms with E-state index in [1.165, 1.54) is 5.56 Å². The Bertz CT molecular complexity index is 675. The van der Waals surface area contributed by atoms with Crippen LogP contribution in [0.4, 0.5) is 0 Å². The smallest absolute Gasteiger partial charge is 0.129 e. The number of piperazine rings is 1. The van der Waals surface area contributed by atoms with Crippen LogP contribution in [-0.4, -0.2) is 61.9 Å². The average Bonchev–Trinajstić information content (AvgIpc) is 2.69. The third-order valence-electron chi connectivity index (χ3n) is 4.67. The molecule has 2 aromatic rings. The molecule has 0 unspecified atom stereocenters. The number of halogens is 3. The van der Waals surface area contributed by atoms with Gasteiger partial charge in [-0.25, -0.2) is 0 Å². The first-order chi connectivity index (χ1) is 12.8. The first-order valence-electron chi connectivity index (χ1n) is 9.19. The van der Waals surface area contributed by atoms with Crippen LogP contribution < -0.4 is 0 Å². The van der Waals surface area contributed by atoms with Crippen LogP contribution in [-0.2, 0) is 11.3 Å². The highest BCUT2D eigenvalue weighted by molar-refractivity contribution is 6.30. The minimum atomic E-state index is 0. The largest absolute Gasteiger partial charge is 0.394 e. The molecule has 0 amide bonds. The second-order valence-corrected chi connectivity index (χ2v) is 6.97.